The number of hydrogen-bond acceptors (Lipinski definition) is 3. The van der Waals surface area contributed by atoms with E-state index in [4.69, 9.17) is 9.84 Å². The number of ether oxygens (including phenoxy) is 1. The van der Waals surface area contributed by atoms with Gasteiger partial charge in [-0.1, -0.05) is 19.1 Å². The highest BCUT2D eigenvalue weighted by atomic mass is 16.5. The van der Waals surface area contributed by atoms with Crippen LogP contribution in [0.4, 0.5) is 0 Å². The number of rotatable bonds is 8. The molecule has 1 atom stereocenters. The van der Waals surface area contributed by atoms with E-state index in [9.17, 15) is 0 Å². The highest BCUT2D eigenvalue weighted by Crippen LogP contribution is 1.97. The zero-order valence-corrected chi connectivity index (χ0v) is 8.68. The Kier molecular flexibility index (Phi) is 7.99. The largest absolute Gasteiger partial charge is 0.396 e. The Balaban J connectivity index is 3.61. The molecule has 0 fully saturated rings. The topological polar surface area (TPSA) is 41.5 Å². The van der Waals surface area contributed by atoms with Crippen LogP contribution in [0.3, 0.4) is 0 Å². The van der Waals surface area contributed by atoms with Gasteiger partial charge in [0.05, 0.1) is 6.61 Å². The number of methoxy groups -OCH3 is 1. The summed E-state index contributed by atoms with van der Waals surface area (Å²) in [5.41, 5.74) is 1.18. The van der Waals surface area contributed by atoms with E-state index in [-0.39, 0.29) is 12.6 Å². The molecule has 13 heavy (non-hydrogen) atoms. The lowest BCUT2D eigenvalue weighted by atomic mass is 10.2. The van der Waals surface area contributed by atoms with Crippen molar-refractivity contribution in [2.75, 3.05) is 26.9 Å². The lowest BCUT2D eigenvalue weighted by Crippen LogP contribution is -2.35. The van der Waals surface area contributed by atoms with Gasteiger partial charge in [0, 0.05) is 26.3 Å². The monoisotopic (exact) mass is 187 g/mol. The zero-order chi connectivity index (χ0) is 10.1. The standard InChI is InChI=1S/C10H21NO2/c1-4-9(2)7-11-10(5-6-12)8-13-3/h10-12H,2,4-8H2,1,3H3. The van der Waals surface area contributed by atoms with Crippen molar-refractivity contribution in [1.29, 1.82) is 0 Å². The molecule has 0 spiro atoms. The first-order valence-electron chi connectivity index (χ1n) is 4.74. The van der Waals surface area contributed by atoms with Crippen LogP contribution < -0.4 is 5.32 Å². The van der Waals surface area contributed by atoms with E-state index in [1.807, 2.05) is 0 Å². The molecule has 78 valence electrons. The minimum Gasteiger partial charge on any atom is -0.396 e. The van der Waals surface area contributed by atoms with Crippen LogP contribution in [0.2, 0.25) is 0 Å². The second-order valence-corrected chi connectivity index (χ2v) is 3.15. The molecule has 0 heterocycles. The minimum atomic E-state index is 0.194. The number of nitrogens with one attached hydrogen (secondary N) is 1. The van der Waals surface area contributed by atoms with Crippen LogP contribution in [0.1, 0.15) is 19.8 Å². The van der Waals surface area contributed by atoms with Crippen LogP contribution in [0.5, 0.6) is 0 Å². The average molecular weight is 187 g/mol. The van der Waals surface area contributed by atoms with Gasteiger partial charge in [-0.3, -0.25) is 0 Å². The highest BCUT2D eigenvalue weighted by Gasteiger charge is 2.06. The molecule has 0 aliphatic rings. The molecular formula is C10H21NO2. The van der Waals surface area contributed by atoms with Crippen molar-refractivity contribution >= 4 is 0 Å². The Morgan fingerprint density at radius 2 is 2.31 bits per heavy atom. The Labute approximate surface area is 80.8 Å². The summed E-state index contributed by atoms with van der Waals surface area (Å²) in [6.45, 7) is 7.62. The summed E-state index contributed by atoms with van der Waals surface area (Å²) in [5, 5.41) is 12.1. The van der Waals surface area contributed by atoms with Gasteiger partial charge in [-0.15, -0.1) is 0 Å². The molecular weight excluding hydrogens is 166 g/mol. The maximum atomic E-state index is 8.77. The van der Waals surface area contributed by atoms with Crippen molar-refractivity contribution in [3.05, 3.63) is 12.2 Å². The van der Waals surface area contributed by atoms with Crippen LogP contribution in [0.25, 0.3) is 0 Å². The molecule has 0 radical (unpaired) electrons. The van der Waals surface area contributed by atoms with Gasteiger partial charge in [-0.2, -0.15) is 0 Å². The van der Waals surface area contributed by atoms with E-state index in [2.05, 4.69) is 18.8 Å². The van der Waals surface area contributed by atoms with E-state index in [1.165, 1.54) is 5.57 Å². The third-order valence-electron chi connectivity index (χ3n) is 1.99. The molecule has 1 unspecified atom stereocenters. The van der Waals surface area contributed by atoms with Gasteiger partial charge in [0.2, 0.25) is 0 Å². The molecule has 0 rings (SSSR count). The Morgan fingerprint density at radius 1 is 1.62 bits per heavy atom. The van der Waals surface area contributed by atoms with Crippen molar-refractivity contribution in [2.45, 2.75) is 25.8 Å². The average Bonchev–Trinajstić information content (AvgIpc) is 2.14. The smallest absolute Gasteiger partial charge is 0.0616 e. The number of aliphatic hydroxyl groups excluding tert-OH is 1. The second-order valence-electron chi connectivity index (χ2n) is 3.15. The summed E-state index contributed by atoms with van der Waals surface area (Å²) in [6.07, 6.45) is 1.72. The predicted octanol–water partition coefficient (Wildman–Crippen LogP) is 0.940. The van der Waals surface area contributed by atoms with Crippen molar-refractivity contribution in [3.63, 3.8) is 0 Å². The number of aliphatic hydroxyl groups is 1. The van der Waals surface area contributed by atoms with E-state index < -0.39 is 0 Å². The molecule has 0 amide bonds. The highest BCUT2D eigenvalue weighted by molar-refractivity contribution is 4.95. The van der Waals surface area contributed by atoms with Crippen LogP contribution in [0.15, 0.2) is 12.2 Å². The molecule has 3 nitrogen and oxygen atoms in total. The number of hydrogen-bond donors (Lipinski definition) is 2. The van der Waals surface area contributed by atoms with Gasteiger partial charge in [-0.05, 0) is 12.8 Å². The summed E-state index contributed by atoms with van der Waals surface area (Å²) in [7, 11) is 1.67. The summed E-state index contributed by atoms with van der Waals surface area (Å²) in [5.74, 6) is 0. The van der Waals surface area contributed by atoms with Crippen LogP contribution in [0, 0.1) is 0 Å². The van der Waals surface area contributed by atoms with Crippen LogP contribution >= 0.6 is 0 Å². The lowest BCUT2D eigenvalue weighted by molar-refractivity contribution is 0.150. The van der Waals surface area contributed by atoms with Crippen molar-refractivity contribution in [1.82, 2.24) is 5.32 Å². The first kappa shape index (κ1) is 12.6. The fourth-order valence-corrected chi connectivity index (χ4v) is 1.02. The van der Waals surface area contributed by atoms with Gasteiger partial charge in [0.25, 0.3) is 0 Å². The molecule has 0 aliphatic heterocycles. The van der Waals surface area contributed by atoms with Crippen LogP contribution in [-0.2, 0) is 4.74 Å². The quantitative estimate of drug-likeness (QED) is 0.556. The molecule has 0 bridgehead atoms. The molecule has 0 saturated carbocycles. The maximum absolute atomic E-state index is 8.77. The SMILES string of the molecule is C=C(CC)CNC(CCO)COC. The van der Waals surface area contributed by atoms with Crippen molar-refractivity contribution in [2.24, 2.45) is 0 Å². The lowest BCUT2D eigenvalue weighted by Gasteiger charge is -2.17. The van der Waals surface area contributed by atoms with Gasteiger partial charge in [0.15, 0.2) is 0 Å². The second kappa shape index (κ2) is 8.23. The molecule has 0 aromatic heterocycles. The summed E-state index contributed by atoms with van der Waals surface area (Å²) < 4.78 is 5.02. The van der Waals surface area contributed by atoms with E-state index in [1.54, 1.807) is 7.11 Å². The zero-order valence-electron chi connectivity index (χ0n) is 8.68. The Morgan fingerprint density at radius 3 is 2.77 bits per heavy atom. The molecule has 0 aromatic rings. The molecule has 0 saturated heterocycles. The van der Waals surface area contributed by atoms with Crippen molar-refractivity contribution < 1.29 is 9.84 Å². The van der Waals surface area contributed by atoms with Gasteiger partial charge < -0.3 is 15.2 Å². The summed E-state index contributed by atoms with van der Waals surface area (Å²) in [4.78, 5) is 0. The fraction of sp³-hybridized carbons (Fsp3) is 0.800. The molecule has 0 aliphatic carbocycles. The van der Waals surface area contributed by atoms with E-state index in [0.29, 0.717) is 6.61 Å². The first-order valence-corrected chi connectivity index (χ1v) is 4.74. The third-order valence-corrected chi connectivity index (χ3v) is 1.99. The van der Waals surface area contributed by atoms with E-state index >= 15 is 0 Å². The van der Waals surface area contributed by atoms with E-state index in [0.717, 1.165) is 19.4 Å². The van der Waals surface area contributed by atoms with Crippen LogP contribution in [-0.4, -0.2) is 38.0 Å². The maximum Gasteiger partial charge on any atom is 0.0616 e. The van der Waals surface area contributed by atoms with Gasteiger partial charge in [0.1, 0.15) is 0 Å². The Bertz CT molecular complexity index is 131. The van der Waals surface area contributed by atoms with Gasteiger partial charge in [-0.25, -0.2) is 0 Å². The van der Waals surface area contributed by atoms with Gasteiger partial charge >= 0.3 is 0 Å². The summed E-state index contributed by atoms with van der Waals surface area (Å²) >= 11 is 0. The summed E-state index contributed by atoms with van der Waals surface area (Å²) in [6, 6.07) is 0.235. The molecule has 2 N–H and O–H groups in total. The molecule has 0 aromatic carbocycles. The van der Waals surface area contributed by atoms with Crippen molar-refractivity contribution in [3.8, 4) is 0 Å². The normalized spacial score (nSPS) is 12.8. The fourth-order valence-electron chi connectivity index (χ4n) is 1.02. The Hall–Kier alpha value is -0.380. The molecule has 3 heteroatoms. The minimum absolute atomic E-state index is 0.194. The third kappa shape index (κ3) is 6.75. The first-order chi connectivity index (χ1) is 6.24. The predicted molar refractivity (Wildman–Crippen MR) is 54.8 cm³/mol.